The van der Waals surface area contributed by atoms with Gasteiger partial charge in [0.1, 0.15) is 0 Å². The first-order valence-corrected chi connectivity index (χ1v) is 7.29. The van der Waals surface area contributed by atoms with Gasteiger partial charge in [0.15, 0.2) is 0 Å². The van der Waals surface area contributed by atoms with Crippen LogP contribution in [0.2, 0.25) is 0 Å². The lowest BCUT2D eigenvalue weighted by atomic mass is 10.1. The molecule has 0 aliphatic carbocycles. The Morgan fingerprint density at radius 1 is 1.38 bits per heavy atom. The first-order chi connectivity index (χ1) is 10.2. The molecule has 2 aromatic heterocycles. The zero-order valence-corrected chi connectivity index (χ0v) is 12.2. The van der Waals surface area contributed by atoms with E-state index in [2.05, 4.69) is 20.6 Å². The number of amides is 1. The number of nitrogens with zero attached hydrogens (tertiary/aromatic N) is 4. The van der Waals surface area contributed by atoms with Gasteiger partial charge >= 0.3 is 0 Å². The Balaban J connectivity index is 1.76. The SMILES string of the molecule is CN(Cc1cccc(-c2nn[nH]n2)c1)C(=O)c1ccsc1. The van der Waals surface area contributed by atoms with E-state index >= 15 is 0 Å². The number of nitrogens with one attached hydrogen (secondary N) is 1. The van der Waals surface area contributed by atoms with Crippen LogP contribution in [-0.4, -0.2) is 38.5 Å². The van der Waals surface area contributed by atoms with Crippen LogP contribution in [0.15, 0.2) is 41.1 Å². The number of thiophene rings is 1. The molecule has 2 heterocycles. The van der Waals surface area contributed by atoms with E-state index in [0.29, 0.717) is 12.4 Å². The summed E-state index contributed by atoms with van der Waals surface area (Å²) < 4.78 is 0. The van der Waals surface area contributed by atoms with Gasteiger partial charge < -0.3 is 4.90 Å². The van der Waals surface area contributed by atoms with E-state index in [4.69, 9.17) is 0 Å². The van der Waals surface area contributed by atoms with Gasteiger partial charge in [-0.25, -0.2) is 0 Å². The first-order valence-electron chi connectivity index (χ1n) is 6.34. The number of aromatic amines is 1. The van der Waals surface area contributed by atoms with Crippen LogP contribution < -0.4 is 0 Å². The van der Waals surface area contributed by atoms with E-state index in [1.54, 1.807) is 11.9 Å². The normalized spacial score (nSPS) is 10.5. The molecule has 0 spiro atoms. The third-order valence-electron chi connectivity index (χ3n) is 3.07. The van der Waals surface area contributed by atoms with Crippen molar-refractivity contribution >= 4 is 17.2 Å². The second-order valence-corrected chi connectivity index (χ2v) is 5.39. The van der Waals surface area contributed by atoms with Crippen LogP contribution in [0.3, 0.4) is 0 Å². The fraction of sp³-hybridized carbons (Fsp3) is 0.143. The number of benzene rings is 1. The van der Waals surface area contributed by atoms with E-state index in [1.165, 1.54) is 11.3 Å². The highest BCUT2D eigenvalue weighted by atomic mass is 32.1. The van der Waals surface area contributed by atoms with E-state index in [9.17, 15) is 4.79 Å². The third-order valence-corrected chi connectivity index (χ3v) is 3.75. The van der Waals surface area contributed by atoms with Gasteiger partial charge in [-0.05, 0) is 28.3 Å². The lowest BCUT2D eigenvalue weighted by Gasteiger charge is -2.16. The molecular weight excluding hydrogens is 286 g/mol. The lowest BCUT2D eigenvalue weighted by molar-refractivity contribution is 0.0785. The van der Waals surface area contributed by atoms with Crippen LogP contribution in [0.1, 0.15) is 15.9 Å². The highest BCUT2D eigenvalue weighted by Gasteiger charge is 2.13. The molecule has 7 heteroatoms. The summed E-state index contributed by atoms with van der Waals surface area (Å²) in [6, 6.07) is 9.60. The number of aromatic nitrogens is 4. The Morgan fingerprint density at radius 2 is 2.29 bits per heavy atom. The van der Waals surface area contributed by atoms with Gasteiger partial charge in [0, 0.05) is 24.5 Å². The maximum atomic E-state index is 12.2. The molecule has 3 aromatic rings. The maximum Gasteiger partial charge on any atom is 0.254 e. The summed E-state index contributed by atoms with van der Waals surface area (Å²) in [5.74, 6) is 0.560. The standard InChI is InChI=1S/C14H13N5OS/c1-19(14(20)12-5-6-21-9-12)8-10-3-2-4-11(7-10)13-15-17-18-16-13/h2-7,9H,8H2,1H3,(H,15,16,17,18). The molecule has 0 saturated heterocycles. The topological polar surface area (TPSA) is 74.8 Å². The summed E-state index contributed by atoms with van der Waals surface area (Å²) in [6.45, 7) is 0.528. The predicted molar refractivity (Wildman–Crippen MR) is 79.7 cm³/mol. The summed E-state index contributed by atoms with van der Waals surface area (Å²) in [5, 5.41) is 17.7. The smallest absolute Gasteiger partial charge is 0.254 e. The van der Waals surface area contributed by atoms with Crippen LogP contribution in [-0.2, 0) is 6.54 Å². The number of hydrogen-bond acceptors (Lipinski definition) is 5. The minimum absolute atomic E-state index is 0.0150. The molecule has 0 fully saturated rings. The number of carbonyl (C=O) groups excluding carboxylic acids is 1. The van der Waals surface area contributed by atoms with Crippen molar-refractivity contribution in [2.45, 2.75) is 6.54 Å². The van der Waals surface area contributed by atoms with Gasteiger partial charge in [-0.2, -0.15) is 16.6 Å². The lowest BCUT2D eigenvalue weighted by Crippen LogP contribution is -2.25. The van der Waals surface area contributed by atoms with Crippen molar-refractivity contribution in [3.05, 3.63) is 52.2 Å². The summed E-state index contributed by atoms with van der Waals surface area (Å²) in [5.41, 5.74) is 2.61. The first kappa shape index (κ1) is 13.4. The Kier molecular flexibility index (Phi) is 3.74. The molecule has 0 bridgehead atoms. The fourth-order valence-electron chi connectivity index (χ4n) is 2.05. The number of hydrogen-bond donors (Lipinski definition) is 1. The van der Waals surface area contributed by atoms with Crippen molar-refractivity contribution in [3.63, 3.8) is 0 Å². The minimum Gasteiger partial charge on any atom is -0.337 e. The second-order valence-electron chi connectivity index (χ2n) is 4.61. The number of H-pyrrole nitrogens is 1. The monoisotopic (exact) mass is 299 g/mol. The van der Waals surface area contributed by atoms with Crippen molar-refractivity contribution in [3.8, 4) is 11.4 Å². The molecular formula is C14H13N5OS. The van der Waals surface area contributed by atoms with Gasteiger partial charge in [-0.1, -0.05) is 18.2 Å². The summed E-state index contributed by atoms with van der Waals surface area (Å²) >= 11 is 1.52. The highest BCUT2D eigenvalue weighted by Crippen LogP contribution is 2.17. The van der Waals surface area contributed by atoms with Crippen LogP contribution in [0.4, 0.5) is 0 Å². The van der Waals surface area contributed by atoms with E-state index in [0.717, 1.165) is 16.7 Å². The van der Waals surface area contributed by atoms with Crippen molar-refractivity contribution in [2.75, 3.05) is 7.05 Å². The highest BCUT2D eigenvalue weighted by molar-refractivity contribution is 7.08. The zero-order chi connectivity index (χ0) is 14.7. The number of tetrazole rings is 1. The molecule has 0 aliphatic heterocycles. The summed E-state index contributed by atoms with van der Waals surface area (Å²) in [7, 11) is 1.79. The van der Waals surface area contributed by atoms with Gasteiger partial charge in [-0.3, -0.25) is 4.79 Å². The Morgan fingerprint density at radius 3 is 3.00 bits per heavy atom. The van der Waals surface area contributed by atoms with Crippen LogP contribution in [0.25, 0.3) is 11.4 Å². The Labute approximate surface area is 125 Å². The fourth-order valence-corrected chi connectivity index (χ4v) is 2.67. The number of rotatable bonds is 4. The quantitative estimate of drug-likeness (QED) is 0.801. The molecule has 0 saturated carbocycles. The minimum atomic E-state index is 0.0150. The average Bonchev–Trinajstić information content (AvgIpc) is 3.20. The van der Waals surface area contributed by atoms with E-state index in [1.807, 2.05) is 41.1 Å². The second kappa shape index (κ2) is 5.84. The third kappa shape index (κ3) is 2.97. The van der Waals surface area contributed by atoms with Crippen LogP contribution >= 0.6 is 11.3 Å². The van der Waals surface area contributed by atoms with E-state index in [-0.39, 0.29) is 5.91 Å². The molecule has 0 unspecified atom stereocenters. The van der Waals surface area contributed by atoms with Crippen molar-refractivity contribution in [1.82, 2.24) is 25.5 Å². The van der Waals surface area contributed by atoms with Gasteiger partial charge in [0.25, 0.3) is 5.91 Å². The molecule has 1 N–H and O–H groups in total. The van der Waals surface area contributed by atoms with Crippen molar-refractivity contribution in [2.24, 2.45) is 0 Å². The Hall–Kier alpha value is -2.54. The molecule has 6 nitrogen and oxygen atoms in total. The van der Waals surface area contributed by atoms with Crippen LogP contribution in [0, 0.1) is 0 Å². The largest absolute Gasteiger partial charge is 0.337 e. The summed E-state index contributed by atoms with van der Waals surface area (Å²) in [4.78, 5) is 13.9. The van der Waals surface area contributed by atoms with Gasteiger partial charge in [0.05, 0.1) is 5.56 Å². The zero-order valence-electron chi connectivity index (χ0n) is 11.4. The molecule has 0 atom stereocenters. The van der Waals surface area contributed by atoms with Gasteiger partial charge in [-0.15, -0.1) is 10.2 Å². The van der Waals surface area contributed by atoms with Crippen molar-refractivity contribution in [1.29, 1.82) is 0 Å². The maximum absolute atomic E-state index is 12.2. The van der Waals surface area contributed by atoms with Crippen LogP contribution in [0.5, 0.6) is 0 Å². The molecule has 0 aliphatic rings. The van der Waals surface area contributed by atoms with Gasteiger partial charge in [0.2, 0.25) is 5.82 Å². The van der Waals surface area contributed by atoms with E-state index < -0.39 is 0 Å². The van der Waals surface area contributed by atoms with Crippen molar-refractivity contribution < 1.29 is 4.79 Å². The molecule has 1 amide bonds. The molecule has 3 rings (SSSR count). The number of carbonyl (C=O) groups is 1. The Bertz CT molecular complexity index is 724. The molecule has 21 heavy (non-hydrogen) atoms. The molecule has 1 aromatic carbocycles. The predicted octanol–water partition coefficient (Wildman–Crippen LogP) is 2.20. The molecule has 106 valence electrons. The summed E-state index contributed by atoms with van der Waals surface area (Å²) in [6.07, 6.45) is 0. The molecule has 0 radical (unpaired) electrons. The average molecular weight is 299 g/mol.